The summed E-state index contributed by atoms with van der Waals surface area (Å²) in [7, 11) is 5.87. The second-order valence-corrected chi connectivity index (χ2v) is 8.91. The van der Waals surface area contributed by atoms with Gasteiger partial charge in [-0.3, -0.25) is 0 Å². The number of ether oxygens (including phenoxy) is 3. The zero-order chi connectivity index (χ0) is 18.6. The lowest BCUT2D eigenvalue weighted by Gasteiger charge is -2.69. The van der Waals surface area contributed by atoms with Gasteiger partial charge in [0.2, 0.25) is 0 Å². The lowest BCUT2D eigenvalue weighted by atomic mass is 9.38. The Kier molecular flexibility index (Phi) is 2.87. The predicted octanol–water partition coefficient (Wildman–Crippen LogP) is 3.25. The van der Waals surface area contributed by atoms with Gasteiger partial charge < -0.3 is 19.1 Å². The maximum absolute atomic E-state index is 6.83. The van der Waals surface area contributed by atoms with Crippen molar-refractivity contribution in [3.8, 4) is 11.5 Å². The summed E-state index contributed by atoms with van der Waals surface area (Å²) >= 11 is 0. The summed E-state index contributed by atoms with van der Waals surface area (Å²) in [5, 5.41) is 0. The van der Waals surface area contributed by atoms with Crippen LogP contribution in [0.2, 0.25) is 0 Å². The highest BCUT2D eigenvalue weighted by Gasteiger charge is 2.77. The van der Waals surface area contributed by atoms with E-state index < -0.39 is 5.60 Å². The fourth-order valence-electron chi connectivity index (χ4n) is 7.37. The van der Waals surface area contributed by atoms with Gasteiger partial charge in [-0.2, -0.15) is 0 Å². The maximum atomic E-state index is 6.83. The quantitative estimate of drug-likeness (QED) is 0.753. The van der Waals surface area contributed by atoms with E-state index in [1.807, 2.05) is 7.11 Å². The molecule has 27 heavy (non-hydrogen) atoms. The van der Waals surface area contributed by atoms with Crippen molar-refractivity contribution in [2.45, 2.75) is 49.3 Å². The maximum Gasteiger partial charge on any atom is 0.166 e. The number of hydrogen-bond donors (Lipinski definition) is 0. The molecule has 1 aromatic rings. The molecular formula is C23H27NO3. The molecule has 2 aliphatic heterocycles. The summed E-state index contributed by atoms with van der Waals surface area (Å²) in [6, 6.07) is 4.85. The van der Waals surface area contributed by atoms with Crippen LogP contribution in [-0.4, -0.2) is 50.5 Å². The highest BCUT2D eigenvalue weighted by atomic mass is 16.6. The molecule has 4 bridgehead atoms. The van der Waals surface area contributed by atoms with E-state index in [0.29, 0.717) is 6.04 Å². The number of hydrogen-bond acceptors (Lipinski definition) is 4. The van der Waals surface area contributed by atoms with Crippen molar-refractivity contribution >= 4 is 0 Å². The molecule has 5 atom stereocenters. The van der Waals surface area contributed by atoms with Crippen LogP contribution in [0, 0.1) is 5.41 Å². The van der Waals surface area contributed by atoms with Gasteiger partial charge in [-0.15, -0.1) is 0 Å². The Hall–Kier alpha value is -1.78. The van der Waals surface area contributed by atoms with Crippen LogP contribution in [0.4, 0.5) is 0 Å². The summed E-state index contributed by atoms with van der Waals surface area (Å²) < 4.78 is 18.8. The molecule has 2 heterocycles. The minimum atomic E-state index is -0.477. The fraction of sp³-hybridized carbons (Fsp3) is 0.565. The van der Waals surface area contributed by atoms with Gasteiger partial charge in [-0.25, -0.2) is 0 Å². The number of methoxy groups -OCH3 is 2. The van der Waals surface area contributed by atoms with Gasteiger partial charge in [0.05, 0.1) is 12.5 Å². The highest BCUT2D eigenvalue weighted by molar-refractivity contribution is 5.67. The summed E-state index contributed by atoms with van der Waals surface area (Å²) in [5.74, 6) is 1.83. The second kappa shape index (κ2) is 4.79. The lowest BCUT2D eigenvalue weighted by Crippen LogP contribution is -2.77. The molecule has 4 aliphatic carbocycles. The van der Waals surface area contributed by atoms with E-state index in [2.05, 4.69) is 49.2 Å². The van der Waals surface area contributed by atoms with E-state index in [9.17, 15) is 0 Å². The Labute approximate surface area is 160 Å². The lowest BCUT2D eigenvalue weighted by molar-refractivity contribution is -0.159. The number of fused-ring (bicyclic) bond motifs is 1. The first kappa shape index (κ1) is 16.2. The van der Waals surface area contributed by atoms with E-state index in [-0.39, 0.29) is 16.9 Å². The smallest absolute Gasteiger partial charge is 0.166 e. The number of nitrogens with zero attached hydrogens (tertiary/aromatic N) is 1. The third-order valence-corrected chi connectivity index (χ3v) is 8.48. The number of allylic oxidation sites excluding steroid dienone is 1. The first-order valence-corrected chi connectivity index (χ1v) is 10.1. The van der Waals surface area contributed by atoms with Crippen LogP contribution >= 0.6 is 0 Å². The standard InChI is InChI=1S/C23H27NO3/c1-5-15-13-21-8-9-23(15,26-4)20-22(21)10-11-24(2)17(21)12-14-6-7-16(25-3)19(27-20)18(14)22/h5-9,17,20H,10-13H2,1-4H3/b15-5+/t17-,20-,21-,22+,23-/m1/s1. The SMILES string of the molecule is C/C=C1\C[C@@]23C=C[C@]1(OC)[C@@H]1Oc4c(OC)ccc5c4[C@@]12CCN(C)[C@@H]3C5. The van der Waals surface area contributed by atoms with Gasteiger partial charge in [0.25, 0.3) is 0 Å². The fourth-order valence-corrected chi connectivity index (χ4v) is 7.37. The molecule has 0 unspecified atom stereocenters. The number of piperidine rings is 1. The summed E-state index contributed by atoms with van der Waals surface area (Å²) in [6.45, 7) is 3.24. The molecule has 142 valence electrons. The molecule has 0 N–H and O–H groups in total. The van der Waals surface area contributed by atoms with Crippen LogP contribution in [0.1, 0.15) is 30.9 Å². The number of likely N-dealkylation sites (N-methyl/N-ethyl adjacent to an activating group) is 1. The molecule has 4 nitrogen and oxygen atoms in total. The summed E-state index contributed by atoms with van der Waals surface area (Å²) in [6.07, 6.45) is 10.3. The molecule has 1 saturated carbocycles. The van der Waals surface area contributed by atoms with E-state index >= 15 is 0 Å². The average Bonchev–Trinajstić information content (AvgIpc) is 3.07. The Morgan fingerprint density at radius 3 is 2.85 bits per heavy atom. The van der Waals surface area contributed by atoms with Crippen molar-refractivity contribution < 1.29 is 14.2 Å². The van der Waals surface area contributed by atoms with Crippen molar-refractivity contribution in [3.63, 3.8) is 0 Å². The van der Waals surface area contributed by atoms with Gasteiger partial charge >= 0.3 is 0 Å². The minimum absolute atomic E-state index is 0.0264. The Morgan fingerprint density at radius 1 is 1.26 bits per heavy atom. The van der Waals surface area contributed by atoms with Crippen molar-refractivity contribution in [1.82, 2.24) is 4.90 Å². The van der Waals surface area contributed by atoms with Crippen LogP contribution < -0.4 is 9.47 Å². The van der Waals surface area contributed by atoms with E-state index in [0.717, 1.165) is 37.3 Å². The van der Waals surface area contributed by atoms with E-state index in [1.54, 1.807) is 7.11 Å². The van der Waals surface area contributed by atoms with E-state index in [1.165, 1.54) is 16.7 Å². The molecule has 2 fully saturated rings. The van der Waals surface area contributed by atoms with Crippen LogP contribution in [0.3, 0.4) is 0 Å². The van der Waals surface area contributed by atoms with Crippen molar-refractivity contribution in [2.75, 3.05) is 27.8 Å². The molecule has 0 aromatic heterocycles. The second-order valence-electron chi connectivity index (χ2n) is 8.91. The molecule has 2 spiro atoms. The van der Waals surface area contributed by atoms with Crippen LogP contribution in [-0.2, 0) is 16.6 Å². The molecule has 0 amide bonds. The number of rotatable bonds is 2. The molecule has 1 saturated heterocycles. The Balaban J connectivity index is 1.74. The number of likely N-dealkylation sites (tertiary alicyclic amines) is 1. The molecule has 7 rings (SSSR count). The van der Waals surface area contributed by atoms with Crippen molar-refractivity contribution in [1.29, 1.82) is 0 Å². The van der Waals surface area contributed by atoms with Gasteiger partial charge in [-0.05, 0) is 63.1 Å². The summed E-state index contributed by atoms with van der Waals surface area (Å²) in [4.78, 5) is 2.58. The molecule has 6 aliphatic rings. The highest BCUT2D eigenvalue weighted by Crippen LogP contribution is 2.74. The molecule has 4 heteroatoms. The van der Waals surface area contributed by atoms with Gasteiger partial charge in [0.15, 0.2) is 11.5 Å². The summed E-state index contributed by atoms with van der Waals surface area (Å²) in [5.41, 5.74) is 3.77. The van der Waals surface area contributed by atoms with Crippen LogP contribution in [0.15, 0.2) is 35.9 Å². The topological polar surface area (TPSA) is 30.9 Å². The first-order chi connectivity index (χ1) is 13.1. The Bertz CT molecular complexity index is 920. The zero-order valence-corrected chi connectivity index (χ0v) is 16.5. The largest absolute Gasteiger partial charge is 0.493 e. The molecular weight excluding hydrogens is 338 g/mol. The van der Waals surface area contributed by atoms with Crippen LogP contribution in [0.5, 0.6) is 11.5 Å². The van der Waals surface area contributed by atoms with Gasteiger partial charge in [-0.1, -0.05) is 18.2 Å². The van der Waals surface area contributed by atoms with Crippen LogP contribution in [0.25, 0.3) is 0 Å². The van der Waals surface area contributed by atoms with Gasteiger partial charge in [0, 0.05) is 24.1 Å². The third-order valence-electron chi connectivity index (χ3n) is 8.48. The Morgan fingerprint density at radius 2 is 2.11 bits per heavy atom. The number of benzene rings is 1. The molecule has 1 aromatic carbocycles. The average molecular weight is 365 g/mol. The first-order valence-electron chi connectivity index (χ1n) is 10.1. The predicted molar refractivity (Wildman–Crippen MR) is 104 cm³/mol. The van der Waals surface area contributed by atoms with Crippen molar-refractivity contribution in [3.05, 3.63) is 47.1 Å². The molecule has 0 radical (unpaired) electrons. The monoisotopic (exact) mass is 365 g/mol. The normalized spacial score (nSPS) is 44.4. The van der Waals surface area contributed by atoms with E-state index in [4.69, 9.17) is 14.2 Å². The third kappa shape index (κ3) is 1.44. The minimum Gasteiger partial charge on any atom is -0.493 e. The van der Waals surface area contributed by atoms with Crippen molar-refractivity contribution in [2.24, 2.45) is 5.41 Å². The van der Waals surface area contributed by atoms with Gasteiger partial charge in [0.1, 0.15) is 11.7 Å². The zero-order valence-electron chi connectivity index (χ0n) is 16.5.